The molecule has 1 fully saturated rings. The summed E-state index contributed by atoms with van der Waals surface area (Å²) >= 11 is 0. The van der Waals surface area contributed by atoms with Crippen LogP contribution in [-0.2, 0) is 0 Å². The van der Waals surface area contributed by atoms with Crippen LogP contribution in [0.4, 0.5) is 5.69 Å². The van der Waals surface area contributed by atoms with Crippen LogP contribution in [0.3, 0.4) is 0 Å². The maximum atomic E-state index is 12.3. The molecule has 2 N–H and O–H groups in total. The normalized spacial score (nSPS) is 16.8. The molecule has 2 rings (SSSR count). The Bertz CT molecular complexity index is 409. The van der Waals surface area contributed by atoms with Gasteiger partial charge in [0.2, 0.25) is 0 Å². The van der Waals surface area contributed by atoms with E-state index < -0.39 is 0 Å². The molecule has 1 amide bonds. The van der Waals surface area contributed by atoms with E-state index >= 15 is 0 Å². The summed E-state index contributed by atoms with van der Waals surface area (Å²) in [5.74, 6) is 0.928. The van der Waals surface area contributed by atoms with Gasteiger partial charge in [0.05, 0.1) is 0 Å². The maximum absolute atomic E-state index is 12.3. The van der Waals surface area contributed by atoms with Crippen molar-refractivity contribution >= 4 is 11.6 Å². The van der Waals surface area contributed by atoms with Crippen LogP contribution in [0.5, 0.6) is 0 Å². The van der Waals surface area contributed by atoms with Crippen molar-refractivity contribution in [3.8, 4) is 0 Å². The minimum atomic E-state index is 0.122. The van der Waals surface area contributed by atoms with Gasteiger partial charge in [0, 0.05) is 24.3 Å². The largest absolute Gasteiger partial charge is 0.399 e. The number of anilines is 1. The van der Waals surface area contributed by atoms with Gasteiger partial charge in [0.1, 0.15) is 0 Å². The van der Waals surface area contributed by atoms with Crippen LogP contribution in [0.2, 0.25) is 0 Å². The number of likely N-dealkylation sites (tertiary alicyclic amines) is 1. The molecule has 3 nitrogen and oxygen atoms in total. The number of carbonyl (C=O) groups is 1. The fourth-order valence-corrected chi connectivity index (χ4v) is 2.69. The Morgan fingerprint density at radius 3 is 2.72 bits per heavy atom. The molecule has 98 valence electrons. The van der Waals surface area contributed by atoms with E-state index in [1.54, 1.807) is 6.07 Å². The van der Waals surface area contributed by atoms with E-state index in [2.05, 4.69) is 6.92 Å². The lowest BCUT2D eigenvalue weighted by Crippen LogP contribution is -2.38. The minimum Gasteiger partial charge on any atom is -0.399 e. The van der Waals surface area contributed by atoms with Gasteiger partial charge in [-0.25, -0.2) is 0 Å². The third-order valence-electron chi connectivity index (χ3n) is 3.73. The lowest BCUT2D eigenvalue weighted by Gasteiger charge is -2.32. The molecule has 1 heterocycles. The molecule has 1 aliphatic rings. The van der Waals surface area contributed by atoms with Crippen molar-refractivity contribution in [3.05, 3.63) is 29.8 Å². The molecule has 1 aromatic carbocycles. The second kappa shape index (κ2) is 5.89. The Kier molecular flexibility index (Phi) is 4.24. The predicted molar refractivity (Wildman–Crippen MR) is 74.4 cm³/mol. The molecule has 0 aromatic heterocycles. The number of piperidine rings is 1. The second-order valence-corrected chi connectivity index (χ2v) is 5.15. The predicted octanol–water partition coefficient (Wildman–Crippen LogP) is 2.92. The fraction of sp³-hybridized carbons (Fsp3) is 0.533. The molecular weight excluding hydrogens is 224 g/mol. The zero-order valence-electron chi connectivity index (χ0n) is 11.1. The summed E-state index contributed by atoms with van der Waals surface area (Å²) in [7, 11) is 0. The van der Waals surface area contributed by atoms with Crippen molar-refractivity contribution in [1.29, 1.82) is 0 Å². The van der Waals surface area contributed by atoms with Gasteiger partial charge in [0.15, 0.2) is 0 Å². The summed E-state index contributed by atoms with van der Waals surface area (Å²) < 4.78 is 0. The first kappa shape index (κ1) is 12.9. The Balaban J connectivity index is 1.95. The van der Waals surface area contributed by atoms with Gasteiger partial charge in [-0.2, -0.15) is 0 Å². The van der Waals surface area contributed by atoms with Gasteiger partial charge in [0.25, 0.3) is 5.91 Å². The van der Waals surface area contributed by atoms with Crippen molar-refractivity contribution in [2.24, 2.45) is 5.92 Å². The van der Waals surface area contributed by atoms with Crippen LogP contribution < -0.4 is 5.73 Å². The molecule has 0 spiro atoms. The van der Waals surface area contributed by atoms with E-state index in [9.17, 15) is 4.79 Å². The zero-order valence-corrected chi connectivity index (χ0v) is 11.1. The zero-order chi connectivity index (χ0) is 13.0. The van der Waals surface area contributed by atoms with Crippen LogP contribution >= 0.6 is 0 Å². The highest BCUT2D eigenvalue weighted by molar-refractivity contribution is 5.95. The molecule has 0 unspecified atom stereocenters. The minimum absolute atomic E-state index is 0.122. The maximum Gasteiger partial charge on any atom is 0.253 e. The van der Waals surface area contributed by atoms with Crippen LogP contribution in [0, 0.1) is 5.92 Å². The molecule has 0 atom stereocenters. The van der Waals surface area contributed by atoms with Crippen LogP contribution in [0.25, 0.3) is 0 Å². The summed E-state index contributed by atoms with van der Waals surface area (Å²) in [6.07, 6.45) is 4.82. The third kappa shape index (κ3) is 3.03. The van der Waals surface area contributed by atoms with Gasteiger partial charge in [-0.15, -0.1) is 0 Å². The van der Waals surface area contributed by atoms with Crippen molar-refractivity contribution in [2.45, 2.75) is 32.6 Å². The molecular formula is C15H22N2O. The molecule has 18 heavy (non-hydrogen) atoms. The van der Waals surface area contributed by atoms with Gasteiger partial charge >= 0.3 is 0 Å². The summed E-state index contributed by atoms with van der Waals surface area (Å²) in [4.78, 5) is 14.2. The van der Waals surface area contributed by atoms with E-state index in [1.165, 1.54) is 12.8 Å². The summed E-state index contributed by atoms with van der Waals surface area (Å²) in [6.45, 7) is 4.00. The van der Waals surface area contributed by atoms with Crippen molar-refractivity contribution in [3.63, 3.8) is 0 Å². The van der Waals surface area contributed by atoms with Gasteiger partial charge < -0.3 is 10.6 Å². The first-order valence-corrected chi connectivity index (χ1v) is 6.85. The van der Waals surface area contributed by atoms with Gasteiger partial charge in [-0.05, 0) is 37.0 Å². The molecule has 0 aliphatic carbocycles. The average Bonchev–Trinajstić information content (AvgIpc) is 2.39. The molecule has 1 aliphatic heterocycles. The van der Waals surface area contributed by atoms with E-state index in [0.29, 0.717) is 11.3 Å². The lowest BCUT2D eigenvalue weighted by molar-refractivity contribution is 0.0686. The molecule has 1 saturated heterocycles. The first-order chi connectivity index (χ1) is 8.70. The number of amides is 1. The van der Waals surface area contributed by atoms with E-state index in [1.807, 2.05) is 23.1 Å². The quantitative estimate of drug-likeness (QED) is 0.833. The summed E-state index contributed by atoms with van der Waals surface area (Å²) in [5.41, 5.74) is 7.08. The van der Waals surface area contributed by atoms with E-state index in [-0.39, 0.29) is 5.91 Å². The van der Waals surface area contributed by atoms with Gasteiger partial charge in [-0.1, -0.05) is 25.8 Å². The van der Waals surface area contributed by atoms with Crippen LogP contribution in [0.15, 0.2) is 24.3 Å². The van der Waals surface area contributed by atoms with Crippen LogP contribution in [-0.4, -0.2) is 23.9 Å². The molecule has 3 heteroatoms. The highest BCUT2D eigenvalue weighted by atomic mass is 16.2. The number of nitrogens with two attached hydrogens (primary N) is 1. The Morgan fingerprint density at radius 2 is 2.11 bits per heavy atom. The van der Waals surface area contributed by atoms with Crippen LogP contribution in [0.1, 0.15) is 43.0 Å². The lowest BCUT2D eigenvalue weighted by atomic mass is 9.92. The number of hydrogen-bond donors (Lipinski definition) is 1. The number of nitrogen functional groups attached to an aromatic ring is 1. The van der Waals surface area contributed by atoms with Crippen molar-refractivity contribution < 1.29 is 4.79 Å². The number of hydrogen-bond acceptors (Lipinski definition) is 2. The monoisotopic (exact) mass is 246 g/mol. The molecule has 1 aromatic rings. The topological polar surface area (TPSA) is 46.3 Å². The highest BCUT2D eigenvalue weighted by Crippen LogP contribution is 2.23. The SMILES string of the molecule is CCCC1CCN(C(=O)c2cccc(N)c2)CC1. The van der Waals surface area contributed by atoms with E-state index in [0.717, 1.165) is 31.8 Å². The molecule has 0 radical (unpaired) electrons. The number of rotatable bonds is 3. The number of carbonyl (C=O) groups excluding carboxylic acids is 1. The summed E-state index contributed by atoms with van der Waals surface area (Å²) in [6, 6.07) is 7.26. The van der Waals surface area contributed by atoms with Crippen molar-refractivity contribution in [1.82, 2.24) is 4.90 Å². The third-order valence-corrected chi connectivity index (χ3v) is 3.73. The molecule has 0 bridgehead atoms. The summed E-state index contributed by atoms with van der Waals surface area (Å²) in [5, 5.41) is 0. The average molecular weight is 246 g/mol. The fourth-order valence-electron chi connectivity index (χ4n) is 2.69. The number of benzene rings is 1. The smallest absolute Gasteiger partial charge is 0.253 e. The van der Waals surface area contributed by atoms with Gasteiger partial charge in [-0.3, -0.25) is 4.79 Å². The van der Waals surface area contributed by atoms with Crippen molar-refractivity contribution in [2.75, 3.05) is 18.8 Å². The Hall–Kier alpha value is -1.51. The molecule has 0 saturated carbocycles. The standard InChI is InChI=1S/C15H22N2O/c1-2-4-12-7-9-17(10-8-12)15(18)13-5-3-6-14(16)11-13/h3,5-6,11-12H,2,4,7-10,16H2,1H3. The first-order valence-electron chi connectivity index (χ1n) is 6.85. The number of nitrogens with zero attached hydrogens (tertiary/aromatic N) is 1. The Labute approximate surface area is 109 Å². The van der Waals surface area contributed by atoms with E-state index in [4.69, 9.17) is 5.73 Å². The highest BCUT2D eigenvalue weighted by Gasteiger charge is 2.22. The second-order valence-electron chi connectivity index (χ2n) is 5.15. The Morgan fingerprint density at radius 1 is 1.39 bits per heavy atom.